The Labute approximate surface area is 54.3 Å². The summed E-state index contributed by atoms with van der Waals surface area (Å²) >= 11 is 0. The fourth-order valence-electron chi connectivity index (χ4n) is 0.569. The van der Waals surface area contributed by atoms with Gasteiger partial charge >= 0.3 is 0 Å². The highest BCUT2D eigenvalue weighted by Gasteiger charge is 2.27. The van der Waals surface area contributed by atoms with E-state index < -0.39 is 0 Å². The first-order valence-electron chi connectivity index (χ1n) is 3.35. The molecule has 0 aromatic carbocycles. The molecule has 0 N–H and O–H groups in total. The third kappa shape index (κ3) is 1.67. The van der Waals surface area contributed by atoms with Crippen LogP contribution in [0.2, 0.25) is 0 Å². The molecule has 0 bridgehead atoms. The summed E-state index contributed by atoms with van der Waals surface area (Å²) in [7, 11) is 3.50. The maximum Gasteiger partial charge on any atom is -0.0125 e. The van der Waals surface area contributed by atoms with Crippen LogP contribution in [-0.4, -0.2) is 11.3 Å². The lowest BCUT2D eigenvalue weighted by molar-refractivity contribution is 1.50. The van der Waals surface area contributed by atoms with Crippen LogP contribution in [-0.2, 0) is 0 Å². The minimum atomic E-state index is 1.14. The minimum Gasteiger partial charge on any atom is -0.0452 e. The summed E-state index contributed by atoms with van der Waals surface area (Å²) in [6.45, 7) is 0. The van der Waals surface area contributed by atoms with Crippen LogP contribution < -0.4 is 0 Å². The maximum atomic E-state index is 1.75. The van der Waals surface area contributed by atoms with Crippen LogP contribution in [0.25, 0.3) is 0 Å². The van der Waals surface area contributed by atoms with E-state index in [0.29, 0.717) is 0 Å². The van der Waals surface area contributed by atoms with Crippen molar-refractivity contribution >= 4 is 16.5 Å². The second kappa shape index (κ2) is 2.24. The van der Waals surface area contributed by atoms with Crippen LogP contribution in [0.5, 0.6) is 0 Å². The number of rotatable bonds is 3. The zero-order chi connectivity index (χ0) is 5.40. The highest BCUT2D eigenvalue weighted by atomic mass is 32.0. The lowest BCUT2D eigenvalue weighted by atomic mass is 11.0. The van der Waals surface area contributed by atoms with E-state index in [1.807, 2.05) is 0 Å². The Hall–Kier alpha value is 0.860. The topological polar surface area (TPSA) is 0 Å². The average molecular weight is 144 g/mol. The van der Waals surface area contributed by atoms with E-state index in [9.17, 15) is 0 Å². The molecule has 44 valence electrons. The lowest BCUT2D eigenvalue weighted by Crippen LogP contribution is -1.61. The smallest absolute Gasteiger partial charge is 0.0125 e. The van der Waals surface area contributed by atoms with Crippen LogP contribution in [0.15, 0.2) is 0 Å². The van der Waals surface area contributed by atoms with E-state index in [-0.39, 0.29) is 0 Å². The highest BCUT2D eigenvalue weighted by Crippen LogP contribution is 2.58. The molecule has 2 radical (unpaired) electrons. The van der Waals surface area contributed by atoms with Crippen molar-refractivity contribution in [1.82, 2.24) is 0 Å². The van der Waals surface area contributed by atoms with Crippen LogP contribution in [0.4, 0.5) is 0 Å². The first-order valence-corrected chi connectivity index (χ1v) is 5.98. The summed E-state index contributed by atoms with van der Waals surface area (Å²) in [6.07, 6.45) is 6.12. The Morgan fingerprint density at radius 1 is 0.750 bits per heavy atom. The SMILES string of the molecule is C1CC1[P][P]C1CC1. The summed E-state index contributed by atoms with van der Waals surface area (Å²) in [5, 5.41) is 0. The standard InChI is InChI=1S/C6H10P2/c1-2-5(1)7-8-6-3-4-6/h5-6H,1-4H2. The summed E-state index contributed by atoms with van der Waals surface area (Å²) in [5.74, 6) is 0. The quantitative estimate of drug-likeness (QED) is 0.534. The second-order valence-corrected chi connectivity index (χ2v) is 6.00. The lowest BCUT2D eigenvalue weighted by Gasteiger charge is -1.89. The molecule has 2 heteroatoms. The van der Waals surface area contributed by atoms with Crippen LogP contribution in [0.1, 0.15) is 25.7 Å². The predicted molar refractivity (Wildman–Crippen MR) is 39.9 cm³/mol. The molecule has 0 aromatic rings. The Kier molecular flexibility index (Phi) is 1.57. The summed E-state index contributed by atoms with van der Waals surface area (Å²) in [6, 6.07) is 0. The van der Waals surface area contributed by atoms with Gasteiger partial charge in [-0.05, 0) is 53.5 Å². The van der Waals surface area contributed by atoms with Crippen LogP contribution >= 0.6 is 16.5 Å². The molecule has 0 spiro atoms. The summed E-state index contributed by atoms with van der Waals surface area (Å²) in [4.78, 5) is 0. The molecule has 2 aliphatic carbocycles. The number of hydrogen-bond donors (Lipinski definition) is 0. The Bertz CT molecular complexity index is 72.5. The molecule has 2 fully saturated rings. The van der Waals surface area contributed by atoms with Gasteiger partial charge in [0.25, 0.3) is 0 Å². The van der Waals surface area contributed by atoms with Crippen LogP contribution in [0.3, 0.4) is 0 Å². The normalized spacial score (nSPS) is 31.5. The Morgan fingerprint density at radius 2 is 1.12 bits per heavy atom. The third-order valence-electron chi connectivity index (χ3n) is 1.49. The molecule has 8 heavy (non-hydrogen) atoms. The molecule has 2 saturated carbocycles. The summed E-state index contributed by atoms with van der Waals surface area (Å²) in [5.41, 5.74) is 2.27. The van der Waals surface area contributed by atoms with Crippen molar-refractivity contribution in [2.75, 3.05) is 0 Å². The van der Waals surface area contributed by atoms with Gasteiger partial charge in [0.05, 0.1) is 0 Å². The molecule has 2 rings (SSSR count). The average Bonchev–Trinajstić information content (AvgIpc) is 2.60. The molecular weight excluding hydrogens is 134 g/mol. The Morgan fingerprint density at radius 3 is 1.38 bits per heavy atom. The molecule has 0 unspecified atom stereocenters. The van der Waals surface area contributed by atoms with Gasteiger partial charge in [0, 0.05) is 0 Å². The van der Waals surface area contributed by atoms with Crippen molar-refractivity contribution in [2.45, 2.75) is 37.0 Å². The molecule has 0 heterocycles. The molecule has 0 saturated heterocycles. The molecule has 2 aliphatic rings. The van der Waals surface area contributed by atoms with Crippen molar-refractivity contribution in [3.05, 3.63) is 0 Å². The van der Waals surface area contributed by atoms with Gasteiger partial charge in [-0.15, -0.1) is 0 Å². The van der Waals surface area contributed by atoms with Crippen molar-refractivity contribution < 1.29 is 0 Å². The van der Waals surface area contributed by atoms with Gasteiger partial charge < -0.3 is 0 Å². The van der Waals surface area contributed by atoms with Gasteiger partial charge in [0.2, 0.25) is 0 Å². The maximum absolute atomic E-state index is 1.75. The first kappa shape index (κ1) is 5.63. The first-order chi connectivity index (χ1) is 3.95. The molecule has 0 aliphatic heterocycles. The van der Waals surface area contributed by atoms with E-state index >= 15 is 0 Å². The third-order valence-corrected chi connectivity index (χ3v) is 5.67. The zero-order valence-corrected chi connectivity index (χ0v) is 6.67. The van der Waals surface area contributed by atoms with Crippen molar-refractivity contribution in [3.63, 3.8) is 0 Å². The monoisotopic (exact) mass is 144 g/mol. The van der Waals surface area contributed by atoms with Crippen molar-refractivity contribution in [1.29, 1.82) is 0 Å². The second-order valence-electron chi connectivity index (χ2n) is 2.69. The van der Waals surface area contributed by atoms with Gasteiger partial charge in [0.1, 0.15) is 0 Å². The molecule has 0 nitrogen and oxygen atoms in total. The fourth-order valence-corrected chi connectivity index (χ4v) is 4.22. The molecule has 0 amide bonds. The minimum absolute atomic E-state index is 1.14. The van der Waals surface area contributed by atoms with Gasteiger partial charge in [-0.2, -0.15) is 0 Å². The van der Waals surface area contributed by atoms with Crippen molar-refractivity contribution in [3.8, 4) is 0 Å². The molecule has 0 atom stereocenters. The van der Waals surface area contributed by atoms with E-state index in [1.54, 1.807) is 16.5 Å². The molecular formula is C6H10P2. The van der Waals surface area contributed by atoms with E-state index in [1.165, 1.54) is 25.7 Å². The highest BCUT2D eigenvalue weighted by molar-refractivity contribution is 8.12. The number of hydrogen-bond acceptors (Lipinski definition) is 0. The van der Waals surface area contributed by atoms with E-state index in [2.05, 4.69) is 0 Å². The van der Waals surface area contributed by atoms with Gasteiger partial charge in [0.15, 0.2) is 0 Å². The van der Waals surface area contributed by atoms with Crippen molar-refractivity contribution in [2.24, 2.45) is 0 Å². The van der Waals surface area contributed by atoms with Gasteiger partial charge in [-0.1, -0.05) is 0 Å². The zero-order valence-electron chi connectivity index (χ0n) is 4.88. The van der Waals surface area contributed by atoms with Gasteiger partial charge in [-0.25, -0.2) is 0 Å². The van der Waals surface area contributed by atoms with E-state index in [4.69, 9.17) is 0 Å². The van der Waals surface area contributed by atoms with Crippen LogP contribution in [0, 0.1) is 0 Å². The van der Waals surface area contributed by atoms with E-state index in [0.717, 1.165) is 11.3 Å². The predicted octanol–water partition coefficient (Wildman–Crippen LogP) is 3.12. The fraction of sp³-hybridized carbons (Fsp3) is 1.00. The summed E-state index contributed by atoms with van der Waals surface area (Å²) < 4.78 is 0. The molecule has 0 aromatic heterocycles. The largest absolute Gasteiger partial charge is 0.0452 e. The Balaban J connectivity index is 1.56. The van der Waals surface area contributed by atoms with Gasteiger partial charge in [-0.3, -0.25) is 0 Å².